The summed E-state index contributed by atoms with van der Waals surface area (Å²) in [6.45, 7) is 0. The second kappa shape index (κ2) is 9.16. The summed E-state index contributed by atoms with van der Waals surface area (Å²) in [5, 5.41) is 13.9. The topological polar surface area (TPSA) is 93.3 Å². The molecule has 4 aromatic rings. The van der Waals surface area contributed by atoms with Crippen LogP contribution in [0.4, 0.5) is 24.5 Å². The second-order valence-corrected chi connectivity index (χ2v) is 7.68. The maximum absolute atomic E-state index is 14.1. The van der Waals surface area contributed by atoms with Gasteiger partial charge in [-0.15, -0.1) is 0 Å². The van der Waals surface area contributed by atoms with Crippen molar-refractivity contribution in [3.8, 4) is 16.9 Å². The summed E-state index contributed by atoms with van der Waals surface area (Å²) in [4.78, 5) is 27.6. The van der Waals surface area contributed by atoms with Crippen LogP contribution in [-0.2, 0) is 0 Å². The van der Waals surface area contributed by atoms with Crippen molar-refractivity contribution in [2.75, 3.05) is 0 Å². The fourth-order valence-electron chi connectivity index (χ4n) is 3.15. The third-order valence-corrected chi connectivity index (χ3v) is 5.41. The lowest BCUT2D eigenvalue weighted by Crippen LogP contribution is -2.17. The first-order valence-corrected chi connectivity index (χ1v) is 10.2. The van der Waals surface area contributed by atoms with Gasteiger partial charge in [0, 0.05) is 17.8 Å². The first-order valence-electron chi connectivity index (χ1n) is 9.41. The number of hydrogen-bond donors (Lipinski definition) is 1. The Bertz CT molecular complexity index is 1520. The molecule has 0 saturated carbocycles. The summed E-state index contributed by atoms with van der Waals surface area (Å²) < 4.78 is 42.0. The Morgan fingerprint density at radius 2 is 1.71 bits per heavy atom. The van der Waals surface area contributed by atoms with E-state index in [2.05, 4.69) is 10.1 Å². The van der Waals surface area contributed by atoms with Crippen LogP contribution >= 0.6 is 23.2 Å². The van der Waals surface area contributed by atoms with Crippen LogP contribution in [-0.4, -0.2) is 20.9 Å². The van der Waals surface area contributed by atoms with E-state index in [0.717, 1.165) is 29.1 Å². The predicted octanol–water partition coefficient (Wildman–Crippen LogP) is 6.22. The Morgan fingerprint density at radius 1 is 1.00 bits per heavy atom. The summed E-state index contributed by atoms with van der Waals surface area (Å²) >= 11 is 12.2. The number of benzene rings is 3. The quantitative estimate of drug-likeness (QED) is 0.151. The fourth-order valence-corrected chi connectivity index (χ4v) is 3.70. The largest absolute Gasteiger partial charge is 0.290 e. The zero-order valence-corrected chi connectivity index (χ0v) is 18.2. The molecular weight excluding hydrogens is 496 g/mol. The van der Waals surface area contributed by atoms with E-state index in [1.54, 1.807) is 30.3 Å². The van der Waals surface area contributed by atoms with Crippen molar-refractivity contribution in [1.82, 2.24) is 9.78 Å². The van der Waals surface area contributed by atoms with E-state index in [-0.39, 0.29) is 26.9 Å². The Morgan fingerprint density at radius 3 is 2.38 bits per heavy atom. The number of para-hydroxylation sites is 1. The molecule has 0 aliphatic carbocycles. The Kier molecular flexibility index (Phi) is 6.27. The molecule has 0 amide bonds. The van der Waals surface area contributed by atoms with Crippen LogP contribution in [0.2, 0.25) is 10.0 Å². The van der Waals surface area contributed by atoms with E-state index >= 15 is 0 Å². The third kappa shape index (κ3) is 4.20. The molecule has 0 fully saturated rings. The van der Waals surface area contributed by atoms with Crippen LogP contribution in [0.3, 0.4) is 0 Å². The number of aliphatic imine (C=N–C) groups is 1. The average molecular weight is 507 g/mol. The van der Waals surface area contributed by atoms with Crippen LogP contribution in [0.15, 0.2) is 64.4 Å². The van der Waals surface area contributed by atoms with Gasteiger partial charge in [0.2, 0.25) is 0 Å². The maximum Gasteiger partial charge on any atom is 0.288 e. The smallest absolute Gasteiger partial charge is 0.288 e. The molecule has 0 aliphatic heterocycles. The van der Waals surface area contributed by atoms with Crippen molar-refractivity contribution in [2.24, 2.45) is 4.99 Å². The van der Waals surface area contributed by atoms with Crippen molar-refractivity contribution < 1.29 is 18.1 Å². The summed E-state index contributed by atoms with van der Waals surface area (Å²) in [6, 6.07) is 12.1. The highest BCUT2D eigenvalue weighted by molar-refractivity contribution is 6.37. The molecule has 0 aliphatic rings. The van der Waals surface area contributed by atoms with Gasteiger partial charge >= 0.3 is 0 Å². The molecule has 172 valence electrons. The molecular formula is C22H11Cl2F3N4O3. The van der Waals surface area contributed by atoms with Crippen LogP contribution in [0.1, 0.15) is 5.56 Å². The lowest BCUT2D eigenvalue weighted by Gasteiger charge is -2.06. The van der Waals surface area contributed by atoms with Gasteiger partial charge < -0.3 is 0 Å². The van der Waals surface area contributed by atoms with E-state index in [1.165, 1.54) is 0 Å². The zero-order valence-electron chi connectivity index (χ0n) is 16.7. The molecule has 0 spiro atoms. The minimum Gasteiger partial charge on any atom is -0.290 e. The highest BCUT2D eigenvalue weighted by Crippen LogP contribution is 2.36. The van der Waals surface area contributed by atoms with Gasteiger partial charge in [0.05, 0.1) is 26.9 Å². The summed E-state index contributed by atoms with van der Waals surface area (Å²) in [6.07, 6.45) is 0.931. The summed E-state index contributed by atoms with van der Waals surface area (Å²) in [5.74, 6) is -4.66. The zero-order chi connectivity index (χ0) is 24.6. The Labute approximate surface area is 198 Å². The minimum absolute atomic E-state index is 0.00496. The number of nitrogens with one attached hydrogen (secondary N) is 1. The highest BCUT2D eigenvalue weighted by Gasteiger charge is 2.23. The standard InChI is InChI=1S/C22H11Cl2F3N4O3/c23-14-9-15(24)18(31(33)34)8-12(14)21-13(10-28-17-7-6-16(25)19(26)20(17)27)22(32)30(29-21)11-4-2-1-3-5-11/h1-10,29H. The molecule has 12 heteroatoms. The highest BCUT2D eigenvalue weighted by atomic mass is 35.5. The molecule has 3 aromatic carbocycles. The van der Waals surface area contributed by atoms with Crippen molar-refractivity contribution in [1.29, 1.82) is 0 Å². The van der Waals surface area contributed by atoms with Crippen molar-refractivity contribution >= 4 is 40.8 Å². The van der Waals surface area contributed by atoms with Gasteiger partial charge in [0.15, 0.2) is 17.5 Å². The Balaban J connectivity index is 1.96. The molecule has 7 nitrogen and oxygen atoms in total. The normalized spacial score (nSPS) is 11.3. The van der Waals surface area contributed by atoms with Crippen LogP contribution in [0.5, 0.6) is 0 Å². The van der Waals surface area contributed by atoms with Crippen LogP contribution in [0.25, 0.3) is 16.9 Å². The van der Waals surface area contributed by atoms with Gasteiger partial charge in [0.25, 0.3) is 11.2 Å². The number of aromatic amines is 1. The predicted molar refractivity (Wildman–Crippen MR) is 122 cm³/mol. The van der Waals surface area contributed by atoms with E-state index < -0.39 is 39.3 Å². The Hall–Kier alpha value is -3.89. The number of hydrogen-bond acceptors (Lipinski definition) is 4. The van der Waals surface area contributed by atoms with Gasteiger partial charge in [-0.2, -0.15) is 0 Å². The van der Waals surface area contributed by atoms with Crippen LogP contribution < -0.4 is 5.56 Å². The first-order chi connectivity index (χ1) is 16.2. The van der Waals surface area contributed by atoms with Crippen LogP contribution in [0, 0.1) is 27.6 Å². The molecule has 1 aromatic heterocycles. The molecule has 1 heterocycles. The number of nitrogens with zero attached hydrogens (tertiary/aromatic N) is 3. The summed E-state index contributed by atoms with van der Waals surface area (Å²) in [5.41, 5.74) is -1.42. The molecule has 1 N–H and O–H groups in total. The van der Waals surface area contributed by atoms with Gasteiger partial charge in [-0.25, -0.2) is 17.9 Å². The lowest BCUT2D eigenvalue weighted by atomic mass is 10.1. The number of nitro benzene ring substituents is 1. The van der Waals surface area contributed by atoms with Crippen molar-refractivity contribution in [2.45, 2.75) is 0 Å². The fraction of sp³-hybridized carbons (Fsp3) is 0. The molecule has 34 heavy (non-hydrogen) atoms. The number of nitro groups is 1. The van der Waals surface area contributed by atoms with E-state index in [0.29, 0.717) is 11.8 Å². The van der Waals surface area contributed by atoms with E-state index in [4.69, 9.17) is 23.2 Å². The molecule has 0 radical (unpaired) electrons. The molecule has 4 rings (SSSR count). The summed E-state index contributed by atoms with van der Waals surface area (Å²) in [7, 11) is 0. The van der Waals surface area contributed by atoms with Gasteiger partial charge in [-0.05, 0) is 30.3 Å². The monoisotopic (exact) mass is 506 g/mol. The number of H-pyrrole nitrogens is 1. The molecule has 0 bridgehead atoms. The number of aromatic nitrogens is 2. The van der Waals surface area contributed by atoms with Gasteiger partial charge in [-0.3, -0.25) is 25.0 Å². The van der Waals surface area contributed by atoms with Gasteiger partial charge in [-0.1, -0.05) is 41.4 Å². The van der Waals surface area contributed by atoms with Gasteiger partial charge in [0.1, 0.15) is 10.7 Å². The molecule has 0 saturated heterocycles. The van der Waals surface area contributed by atoms with E-state index in [1.807, 2.05) is 0 Å². The van der Waals surface area contributed by atoms with E-state index in [9.17, 15) is 28.1 Å². The molecule has 0 unspecified atom stereocenters. The number of halogens is 5. The first kappa shape index (κ1) is 23.3. The van der Waals surface area contributed by atoms with Crippen molar-refractivity contribution in [3.05, 3.63) is 108 Å². The number of rotatable bonds is 5. The SMILES string of the molecule is O=c1c(C=Nc2ccc(F)c(F)c2F)c(-c2cc([N+](=O)[O-])c(Cl)cc2Cl)[nH]n1-c1ccccc1. The average Bonchev–Trinajstić information content (AvgIpc) is 3.13. The maximum atomic E-state index is 14.1. The van der Waals surface area contributed by atoms with Crippen molar-refractivity contribution in [3.63, 3.8) is 0 Å². The molecule has 0 atom stereocenters. The minimum atomic E-state index is -1.72. The third-order valence-electron chi connectivity index (χ3n) is 4.79. The second-order valence-electron chi connectivity index (χ2n) is 6.87. The lowest BCUT2D eigenvalue weighted by molar-refractivity contribution is -0.384.